The van der Waals surface area contributed by atoms with Gasteiger partial charge in [0, 0.05) is 16.2 Å². The highest BCUT2D eigenvalue weighted by molar-refractivity contribution is 9.10. The number of halogens is 1. The van der Waals surface area contributed by atoms with E-state index in [9.17, 15) is 4.79 Å². The number of rotatable bonds is 2. The zero-order chi connectivity index (χ0) is 17.2. The van der Waals surface area contributed by atoms with Gasteiger partial charge in [-0.2, -0.15) is 4.99 Å². The maximum absolute atomic E-state index is 10.8. The molecule has 2 aliphatic rings. The number of amides is 1. The van der Waals surface area contributed by atoms with Gasteiger partial charge in [-0.3, -0.25) is 0 Å². The minimum absolute atomic E-state index is 0.0493. The van der Waals surface area contributed by atoms with E-state index >= 15 is 0 Å². The van der Waals surface area contributed by atoms with Gasteiger partial charge in [-0.25, -0.2) is 9.79 Å². The summed E-state index contributed by atoms with van der Waals surface area (Å²) in [4.78, 5) is 19.5. The van der Waals surface area contributed by atoms with Gasteiger partial charge in [-0.1, -0.05) is 22.0 Å². The molecule has 1 aliphatic heterocycles. The number of nitrogens with zero attached hydrogens (tertiary/aromatic N) is 2. The molecular weight excluding hydrogens is 376 g/mol. The standard InChI is InChI=1S/C15H19BrN6O2/c16-9-2-1-3-11(8-9)18-13-20-12(17)21-15(22-13)6-4-10(5-7-15)19-14(23)24/h1-3,8,10,19H,4-7H2,(H,23,24)(H4,17,18,20,21,22). The number of hydrogen-bond donors (Lipinski definition) is 5. The van der Waals surface area contributed by atoms with Crippen molar-refractivity contribution in [2.45, 2.75) is 37.4 Å². The molecular formula is C15H19BrN6O2. The zero-order valence-corrected chi connectivity index (χ0v) is 14.5. The van der Waals surface area contributed by atoms with E-state index in [4.69, 9.17) is 10.8 Å². The van der Waals surface area contributed by atoms with Crippen LogP contribution in [0, 0.1) is 0 Å². The van der Waals surface area contributed by atoms with Gasteiger partial charge in [0.05, 0.1) is 0 Å². The van der Waals surface area contributed by atoms with Gasteiger partial charge >= 0.3 is 6.09 Å². The molecule has 0 atom stereocenters. The summed E-state index contributed by atoms with van der Waals surface area (Å²) < 4.78 is 0.959. The van der Waals surface area contributed by atoms with E-state index in [1.165, 1.54) is 0 Å². The van der Waals surface area contributed by atoms with E-state index < -0.39 is 11.8 Å². The average molecular weight is 395 g/mol. The second kappa shape index (κ2) is 6.68. The Morgan fingerprint density at radius 2 is 2.17 bits per heavy atom. The lowest BCUT2D eigenvalue weighted by Gasteiger charge is -2.40. The number of hydrogen-bond acceptors (Lipinski definition) is 6. The zero-order valence-electron chi connectivity index (χ0n) is 12.9. The van der Waals surface area contributed by atoms with E-state index in [2.05, 4.69) is 41.9 Å². The third-order valence-electron chi connectivity index (χ3n) is 4.13. The fourth-order valence-electron chi connectivity index (χ4n) is 3.05. The lowest BCUT2D eigenvalue weighted by Crippen LogP contribution is -2.56. The summed E-state index contributed by atoms with van der Waals surface area (Å²) in [6.07, 6.45) is 1.75. The second-order valence-electron chi connectivity index (χ2n) is 5.95. The van der Waals surface area contributed by atoms with Crippen molar-refractivity contribution in [1.82, 2.24) is 10.6 Å². The summed E-state index contributed by atoms with van der Waals surface area (Å²) in [5, 5.41) is 17.9. The predicted molar refractivity (Wildman–Crippen MR) is 96.1 cm³/mol. The summed E-state index contributed by atoms with van der Waals surface area (Å²) in [5.41, 5.74) is 6.24. The van der Waals surface area contributed by atoms with E-state index in [0.29, 0.717) is 31.6 Å². The number of nitrogens with two attached hydrogens (primary N) is 1. The highest BCUT2D eigenvalue weighted by atomic mass is 79.9. The second-order valence-corrected chi connectivity index (χ2v) is 6.86. The smallest absolute Gasteiger partial charge is 0.404 e. The highest BCUT2D eigenvalue weighted by Gasteiger charge is 2.38. The molecule has 1 aliphatic carbocycles. The molecule has 0 saturated heterocycles. The van der Waals surface area contributed by atoms with Gasteiger partial charge < -0.3 is 26.8 Å². The molecule has 128 valence electrons. The normalized spacial score (nSPS) is 26.1. The van der Waals surface area contributed by atoms with Crippen molar-refractivity contribution >= 4 is 39.6 Å². The Kier molecular flexibility index (Phi) is 4.61. The SMILES string of the molecule is NC1=NC2(CCC(NC(=O)O)CC2)NC(Nc2cccc(Br)c2)=N1. The largest absolute Gasteiger partial charge is 0.465 e. The maximum atomic E-state index is 10.8. The monoisotopic (exact) mass is 394 g/mol. The summed E-state index contributed by atoms with van der Waals surface area (Å²) >= 11 is 3.43. The number of aliphatic imine (C=N–C) groups is 2. The Balaban J connectivity index is 1.68. The molecule has 0 radical (unpaired) electrons. The molecule has 1 heterocycles. The van der Waals surface area contributed by atoms with Crippen molar-refractivity contribution in [1.29, 1.82) is 0 Å². The van der Waals surface area contributed by atoms with Crippen LogP contribution in [0.3, 0.4) is 0 Å². The molecule has 1 fully saturated rings. The first-order chi connectivity index (χ1) is 11.4. The van der Waals surface area contributed by atoms with Crippen molar-refractivity contribution < 1.29 is 9.90 Å². The Morgan fingerprint density at radius 1 is 1.42 bits per heavy atom. The Bertz CT molecular complexity index is 697. The van der Waals surface area contributed by atoms with E-state index in [1.54, 1.807) is 0 Å². The predicted octanol–water partition coefficient (Wildman–Crippen LogP) is 2.04. The molecule has 9 heteroatoms. The fourth-order valence-corrected chi connectivity index (χ4v) is 3.45. The van der Waals surface area contributed by atoms with Crippen LogP contribution >= 0.6 is 15.9 Å². The van der Waals surface area contributed by atoms with Gasteiger partial charge in [0.2, 0.25) is 11.9 Å². The third kappa shape index (κ3) is 3.97. The fraction of sp³-hybridized carbons (Fsp3) is 0.400. The molecule has 3 rings (SSSR count). The number of carboxylic acid groups (broad SMARTS) is 1. The number of carbonyl (C=O) groups is 1. The quantitative estimate of drug-likeness (QED) is 0.524. The van der Waals surface area contributed by atoms with Crippen LogP contribution in [0.1, 0.15) is 25.7 Å². The number of guanidine groups is 2. The van der Waals surface area contributed by atoms with Crippen LogP contribution in [0.2, 0.25) is 0 Å². The van der Waals surface area contributed by atoms with E-state index in [1.807, 2.05) is 24.3 Å². The first-order valence-electron chi connectivity index (χ1n) is 7.68. The van der Waals surface area contributed by atoms with Crippen LogP contribution in [0.5, 0.6) is 0 Å². The van der Waals surface area contributed by atoms with Gasteiger partial charge in [-0.15, -0.1) is 0 Å². The average Bonchev–Trinajstić information content (AvgIpc) is 2.49. The van der Waals surface area contributed by atoms with Crippen molar-refractivity contribution in [3.05, 3.63) is 28.7 Å². The topological polar surface area (TPSA) is 124 Å². The number of anilines is 1. The van der Waals surface area contributed by atoms with Gasteiger partial charge in [0.25, 0.3) is 0 Å². The Hall–Kier alpha value is -2.29. The maximum Gasteiger partial charge on any atom is 0.404 e. The minimum Gasteiger partial charge on any atom is -0.465 e. The van der Waals surface area contributed by atoms with Crippen LogP contribution in [0.25, 0.3) is 0 Å². The van der Waals surface area contributed by atoms with Crippen LogP contribution in [-0.4, -0.2) is 34.8 Å². The molecule has 1 amide bonds. The van der Waals surface area contributed by atoms with Crippen molar-refractivity contribution in [2.75, 3.05) is 5.32 Å². The highest BCUT2D eigenvalue weighted by Crippen LogP contribution is 2.31. The lowest BCUT2D eigenvalue weighted by atomic mass is 9.86. The molecule has 24 heavy (non-hydrogen) atoms. The number of nitrogens with one attached hydrogen (secondary N) is 3. The van der Waals surface area contributed by atoms with Gasteiger partial charge in [0.1, 0.15) is 5.66 Å². The Morgan fingerprint density at radius 3 is 2.83 bits per heavy atom. The molecule has 0 unspecified atom stereocenters. The van der Waals surface area contributed by atoms with Crippen LogP contribution in [0.15, 0.2) is 38.7 Å². The van der Waals surface area contributed by atoms with Gasteiger partial charge in [0.15, 0.2) is 0 Å². The molecule has 8 nitrogen and oxygen atoms in total. The van der Waals surface area contributed by atoms with Crippen LogP contribution < -0.4 is 21.7 Å². The van der Waals surface area contributed by atoms with Crippen LogP contribution in [-0.2, 0) is 0 Å². The van der Waals surface area contributed by atoms with Crippen LogP contribution in [0.4, 0.5) is 10.5 Å². The summed E-state index contributed by atoms with van der Waals surface area (Å²) in [5.74, 6) is 0.765. The summed E-state index contributed by atoms with van der Waals surface area (Å²) in [7, 11) is 0. The molecule has 1 saturated carbocycles. The summed E-state index contributed by atoms with van der Waals surface area (Å²) in [6.45, 7) is 0. The van der Waals surface area contributed by atoms with Crippen molar-refractivity contribution in [3.63, 3.8) is 0 Å². The summed E-state index contributed by atoms with van der Waals surface area (Å²) in [6, 6.07) is 7.68. The molecule has 6 N–H and O–H groups in total. The first kappa shape index (κ1) is 16.6. The number of benzene rings is 1. The molecule has 0 aromatic heterocycles. The van der Waals surface area contributed by atoms with E-state index in [0.717, 1.165) is 10.2 Å². The lowest BCUT2D eigenvalue weighted by molar-refractivity contribution is 0.176. The minimum atomic E-state index is -0.992. The first-order valence-corrected chi connectivity index (χ1v) is 8.48. The molecule has 1 aromatic rings. The van der Waals surface area contributed by atoms with Gasteiger partial charge in [-0.05, 0) is 43.9 Å². The molecule has 1 spiro atoms. The van der Waals surface area contributed by atoms with Crippen molar-refractivity contribution in [3.8, 4) is 0 Å². The van der Waals surface area contributed by atoms with Crippen molar-refractivity contribution in [2.24, 2.45) is 15.7 Å². The molecule has 0 bridgehead atoms. The van der Waals surface area contributed by atoms with E-state index in [-0.39, 0.29) is 12.0 Å². The Labute approximate surface area is 147 Å². The third-order valence-corrected chi connectivity index (χ3v) is 4.63. The molecule has 1 aromatic carbocycles.